The van der Waals surface area contributed by atoms with E-state index in [2.05, 4.69) is 15.5 Å². The Labute approximate surface area is 139 Å². The number of nitrogens with one attached hydrogen (secondary N) is 2. The van der Waals surface area contributed by atoms with Gasteiger partial charge in [-0.2, -0.15) is 18.3 Å². The third-order valence-electron chi connectivity index (χ3n) is 5.17. The predicted molar refractivity (Wildman–Crippen MR) is 82.5 cm³/mol. The molecule has 1 aliphatic heterocycles. The highest BCUT2D eigenvalue weighted by Gasteiger charge is 2.46. The van der Waals surface area contributed by atoms with E-state index in [1.54, 1.807) is 6.20 Å². The molecule has 0 aromatic carbocycles. The van der Waals surface area contributed by atoms with Crippen molar-refractivity contribution in [3.63, 3.8) is 0 Å². The lowest BCUT2D eigenvalue weighted by molar-refractivity contribution is -0.165. The van der Waals surface area contributed by atoms with E-state index >= 15 is 0 Å². The van der Waals surface area contributed by atoms with Gasteiger partial charge in [-0.3, -0.25) is 5.10 Å². The first-order valence-electron chi connectivity index (χ1n) is 8.56. The average Bonchev–Trinajstić information content (AvgIpc) is 3.24. The number of halogens is 3. The second kappa shape index (κ2) is 7.03. The number of carbonyl (C=O) groups is 1. The zero-order chi connectivity index (χ0) is 17.2. The summed E-state index contributed by atoms with van der Waals surface area (Å²) in [7, 11) is 0. The Morgan fingerprint density at radius 1 is 1.29 bits per heavy atom. The summed E-state index contributed by atoms with van der Waals surface area (Å²) in [6.45, 7) is 0.912. The highest BCUT2D eigenvalue weighted by molar-refractivity contribution is 5.75. The van der Waals surface area contributed by atoms with Crippen molar-refractivity contribution >= 4 is 6.03 Å². The maximum atomic E-state index is 13.4. The van der Waals surface area contributed by atoms with Crippen LogP contribution in [0.3, 0.4) is 0 Å². The van der Waals surface area contributed by atoms with Gasteiger partial charge in [-0.15, -0.1) is 0 Å². The molecule has 3 rings (SSSR count). The van der Waals surface area contributed by atoms with Gasteiger partial charge in [0.05, 0.1) is 0 Å². The lowest BCUT2D eigenvalue weighted by atomic mass is 9.95. The molecule has 0 unspecified atom stereocenters. The zero-order valence-electron chi connectivity index (χ0n) is 13.5. The van der Waals surface area contributed by atoms with Gasteiger partial charge in [0.1, 0.15) is 6.04 Å². The second-order valence-electron chi connectivity index (χ2n) is 6.81. The standard InChI is InChI=1S/C16H23F3N4O/c17-16(18,19)14(11-4-1-2-5-11)21-15(24)23-9-3-6-12(10-23)13-7-8-20-22-13/h7-8,11-12,14H,1-6,9-10H2,(H,20,22)(H,21,24)/t12-,14-/m0/s1. The van der Waals surface area contributed by atoms with Crippen LogP contribution >= 0.6 is 0 Å². The van der Waals surface area contributed by atoms with Crippen LogP contribution in [0.1, 0.15) is 50.1 Å². The minimum Gasteiger partial charge on any atom is -0.326 e. The molecule has 1 saturated heterocycles. The van der Waals surface area contributed by atoms with E-state index in [1.165, 1.54) is 4.90 Å². The van der Waals surface area contributed by atoms with Gasteiger partial charge in [0.2, 0.25) is 0 Å². The number of hydrogen-bond donors (Lipinski definition) is 2. The third-order valence-corrected chi connectivity index (χ3v) is 5.17. The minimum absolute atomic E-state index is 0.0998. The van der Waals surface area contributed by atoms with Crippen LogP contribution in [0.5, 0.6) is 0 Å². The Morgan fingerprint density at radius 3 is 2.67 bits per heavy atom. The summed E-state index contributed by atoms with van der Waals surface area (Å²) in [5, 5.41) is 9.07. The number of aromatic nitrogens is 2. The second-order valence-corrected chi connectivity index (χ2v) is 6.81. The first-order valence-corrected chi connectivity index (χ1v) is 8.56. The van der Waals surface area contributed by atoms with Crippen molar-refractivity contribution in [3.8, 4) is 0 Å². The Kier molecular flexibility index (Phi) is 5.01. The van der Waals surface area contributed by atoms with E-state index in [1.807, 2.05) is 6.07 Å². The SMILES string of the molecule is O=C(N[C@@H](C1CCCC1)C(F)(F)F)N1CCC[C@H](c2ccn[nH]2)C1. The van der Waals surface area contributed by atoms with E-state index in [-0.39, 0.29) is 5.92 Å². The summed E-state index contributed by atoms with van der Waals surface area (Å²) < 4.78 is 40.1. The Bertz CT molecular complexity index is 540. The number of likely N-dealkylation sites (tertiary alicyclic amines) is 1. The van der Waals surface area contributed by atoms with E-state index in [0.29, 0.717) is 25.9 Å². The Balaban J connectivity index is 1.64. The van der Waals surface area contributed by atoms with Gasteiger partial charge in [0, 0.05) is 30.9 Å². The van der Waals surface area contributed by atoms with Crippen molar-refractivity contribution in [1.82, 2.24) is 20.4 Å². The maximum absolute atomic E-state index is 13.4. The van der Waals surface area contributed by atoms with Crippen molar-refractivity contribution in [3.05, 3.63) is 18.0 Å². The van der Waals surface area contributed by atoms with Crippen LogP contribution in [0, 0.1) is 5.92 Å². The molecule has 8 heteroatoms. The molecule has 1 saturated carbocycles. The van der Waals surface area contributed by atoms with Crippen LogP contribution in [0.2, 0.25) is 0 Å². The summed E-state index contributed by atoms with van der Waals surface area (Å²) >= 11 is 0. The van der Waals surface area contributed by atoms with Crippen LogP contribution in [0.25, 0.3) is 0 Å². The summed E-state index contributed by atoms with van der Waals surface area (Å²) in [6, 6.07) is -0.489. The number of alkyl halides is 3. The molecule has 24 heavy (non-hydrogen) atoms. The van der Waals surface area contributed by atoms with Crippen LogP contribution < -0.4 is 5.32 Å². The number of hydrogen-bond acceptors (Lipinski definition) is 2. The van der Waals surface area contributed by atoms with Crippen molar-refractivity contribution in [2.45, 2.75) is 56.7 Å². The lowest BCUT2D eigenvalue weighted by Gasteiger charge is -2.35. The van der Waals surface area contributed by atoms with Crippen LogP contribution in [-0.2, 0) is 0 Å². The van der Waals surface area contributed by atoms with Crippen molar-refractivity contribution in [2.75, 3.05) is 13.1 Å². The number of aromatic amines is 1. The van der Waals surface area contributed by atoms with Gasteiger partial charge in [-0.05, 0) is 37.7 Å². The molecule has 134 valence electrons. The Hall–Kier alpha value is -1.73. The van der Waals surface area contributed by atoms with E-state index in [4.69, 9.17) is 0 Å². The first kappa shape index (κ1) is 17.1. The van der Waals surface area contributed by atoms with Gasteiger partial charge < -0.3 is 10.2 Å². The maximum Gasteiger partial charge on any atom is 0.408 e. The number of amides is 2. The number of rotatable bonds is 3. The minimum atomic E-state index is -4.40. The molecule has 1 aromatic rings. The molecule has 1 aliphatic carbocycles. The molecule has 2 atom stereocenters. The third kappa shape index (κ3) is 3.84. The molecule has 2 fully saturated rings. The van der Waals surface area contributed by atoms with Gasteiger partial charge in [-0.25, -0.2) is 4.79 Å². The van der Waals surface area contributed by atoms with Gasteiger partial charge in [0.15, 0.2) is 0 Å². The number of H-pyrrole nitrogens is 1. The summed E-state index contributed by atoms with van der Waals surface area (Å²) in [4.78, 5) is 13.9. The van der Waals surface area contributed by atoms with Crippen molar-refractivity contribution in [1.29, 1.82) is 0 Å². The van der Waals surface area contributed by atoms with Crippen LogP contribution in [0.15, 0.2) is 12.3 Å². The molecule has 0 spiro atoms. The van der Waals surface area contributed by atoms with Crippen molar-refractivity contribution in [2.24, 2.45) is 5.92 Å². The fraction of sp³-hybridized carbons (Fsp3) is 0.750. The number of piperidine rings is 1. The molecular weight excluding hydrogens is 321 g/mol. The highest BCUT2D eigenvalue weighted by Crippen LogP contribution is 2.36. The molecule has 0 radical (unpaired) electrons. The van der Waals surface area contributed by atoms with Crippen LogP contribution in [-0.4, -0.2) is 46.4 Å². The van der Waals surface area contributed by atoms with Gasteiger partial charge in [-0.1, -0.05) is 12.8 Å². The number of nitrogens with zero attached hydrogens (tertiary/aromatic N) is 2. The highest BCUT2D eigenvalue weighted by atomic mass is 19.4. The fourth-order valence-electron chi connectivity index (χ4n) is 3.89. The van der Waals surface area contributed by atoms with Gasteiger partial charge >= 0.3 is 12.2 Å². The Morgan fingerprint density at radius 2 is 2.04 bits per heavy atom. The van der Waals surface area contributed by atoms with E-state index in [9.17, 15) is 18.0 Å². The molecule has 1 aromatic heterocycles. The molecular formula is C16H23F3N4O. The fourth-order valence-corrected chi connectivity index (χ4v) is 3.89. The average molecular weight is 344 g/mol. The first-order chi connectivity index (χ1) is 11.4. The smallest absolute Gasteiger partial charge is 0.326 e. The lowest BCUT2D eigenvalue weighted by Crippen LogP contribution is -2.55. The molecule has 2 N–H and O–H groups in total. The van der Waals surface area contributed by atoms with Crippen LogP contribution in [0.4, 0.5) is 18.0 Å². The summed E-state index contributed by atoms with van der Waals surface area (Å²) in [5.41, 5.74) is 0.927. The molecule has 2 aliphatic rings. The van der Waals surface area contributed by atoms with Crippen molar-refractivity contribution < 1.29 is 18.0 Å². The topological polar surface area (TPSA) is 61.0 Å². The molecule has 0 bridgehead atoms. The molecule has 5 nitrogen and oxygen atoms in total. The molecule has 2 heterocycles. The van der Waals surface area contributed by atoms with Gasteiger partial charge in [0.25, 0.3) is 0 Å². The zero-order valence-corrected chi connectivity index (χ0v) is 13.5. The van der Waals surface area contributed by atoms with E-state index < -0.39 is 24.2 Å². The number of carbonyl (C=O) groups excluding carboxylic acids is 1. The predicted octanol–water partition coefficient (Wildman–Crippen LogP) is 3.42. The summed E-state index contributed by atoms with van der Waals surface area (Å²) in [5.74, 6) is -0.398. The molecule has 2 amide bonds. The summed E-state index contributed by atoms with van der Waals surface area (Å²) in [6.07, 6.45) is 1.59. The quantitative estimate of drug-likeness (QED) is 0.883. The normalized spacial score (nSPS) is 24.1. The number of urea groups is 1. The van der Waals surface area contributed by atoms with E-state index in [0.717, 1.165) is 31.4 Å². The monoisotopic (exact) mass is 344 g/mol. The largest absolute Gasteiger partial charge is 0.408 e.